The standard InChI is InChI=1S/C25H34/c1-7-17(3)15-25(16-18(4)8-2)23-13-19(5)9-11-21(23)22-12-10-20(6)14-24(22)25/h9-14,17-18H,7-8,15-16H2,1-6H3/t17-,18-/m1/s1. The lowest BCUT2D eigenvalue weighted by Gasteiger charge is -2.37. The van der Waals surface area contributed by atoms with Crippen molar-refractivity contribution in [2.45, 2.75) is 72.6 Å². The predicted molar refractivity (Wildman–Crippen MR) is 110 cm³/mol. The van der Waals surface area contributed by atoms with Crippen LogP contribution in [0.4, 0.5) is 0 Å². The Bertz CT molecular complexity index is 687. The molecule has 1 aliphatic rings. The minimum Gasteiger partial charge on any atom is -0.0651 e. The second-order valence-electron chi connectivity index (χ2n) is 8.62. The summed E-state index contributed by atoms with van der Waals surface area (Å²) in [5, 5.41) is 0. The average molecular weight is 335 g/mol. The van der Waals surface area contributed by atoms with Crippen LogP contribution in [-0.2, 0) is 5.41 Å². The molecule has 0 heteroatoms. The van der Waals surface area contributed by atoms with E-state index < -0.39 is 0 Å². The molecule has 134 valence electrons. The molecule has 0 spiro atoms. The van der Waals surface area contributed by atoms with Crippen molar-refractivity contribution < 1.29 is 0 Å². The highest BCUT2D eigenvalue weighted by molar-refractivity contribution is 5.81. The van der Waals surface area contributed by atoms with Gasteiger partial charge >= 0.3 is 0 Å². The third kappa shape index (κ3) is 3.16. The van der Waals surface area contributed by atoms with Gasteiger partial charge in [0.15, 0.2) is 0 Å². The molecule has 0 saturated heterocycles. The Labute approximate surface area is 154 Å². The number of hydrogen-bond donors (Lipinski definition) is 0. The van der Waals surface area contributed by atoms with Crippen LogP contribution in [0, 0.1) is 25.7 Å². The first-order valence-electron chi connectivity index (χ1n) is 10.1. The molecule has 25 heavy (non-hydrogen) atoms. The van der Waals surface area contributed by atoms with Gasteiger partial charge in [-0.05, 0) is 60.8 Å². The van der Waals surface area contributed by atoms with Crippen molar-refractivity contribution >= 4 is 0 Å². The Kier molecular flexibility index (Phi) is 5.09. The van der Waals surface area contributed by atoms with E-state index in [-0.39, 0.29) is 5.41 Å². The average Bonchev–Trinajstić information content (AvgIpc) is 2.84. The molecule has 1 aliphatic carbocycles. The van der Waals surface area contributed by atoms with E-state index in [4.69, 9.17) is 0 Å². The third-order valence-electron chi connectivity index (χ3n) is 6.46. The number of hydrogen-bond acceptors (Lipinski definition) is 0. The highest BCUT2D eigenvalue weighted by Crippen LogP contribution is 2.55. The van der Waals surface area contributed by atoms with Gasteiger partial charge < -0.3 is 0 Å². The summed E-state index contributed by atoms with van der Waals surface area (Å²) in [6, 6.07) is 14.3. The summed E-state index contributed by atoms with van der Waals surface area (Å²) in [7, 11) is 0. The van der Waals surface area contributed by atoms with Gasteiger partial charge in [-0.15, -0.1) is 0 Å². The quantitative estimate of drug-likeness (QED) is 0.515. The van der Waals surface area contributed by atoms with Crippen LogP contribution in [0.25, 0.3) is 11.1 Å². The van der Waals surface area contributed by atoms with E-state index in [1.54, 1.807) is 11.1 Å². The first-order valence-corrected chi connectivity index (χ1v) is 10.1. The number of rotatable bonds is 6. The summed E-state index contributed by atoms with van der Waals surface area (Å²) in [5.74, 6) is 1.48. The zero-order chi connectivity index (χ0) is 18.2. The Morgan fingerprint density at radius 3 is 1.48 bits per heavy atom. The lowest BCUT2D eigenvalue weighted by atomic mass is 9.66. The van der Waals surface area contributed by atoms with E-state index in [2.05, 4.69) is 77.9 Å². The Morgan fingerprint density at radius 2 is 1.12 bits per heavy atom. The van der Waals surface area contributed by atoms with Crippen molar-refractivity contribution in [1.29, 1.82) is 0 Å². The van der Waals surface area contributed by atoms with Crippen LogP contribution in [0.3, 0.4) is 0 Å². The fourth-order valence-corrected chi connectivity index (χ4v) is 4.72. The van der Waals surface area contributed by atoms with Crippen molar-refractivity contribution in [3.8, 4) is 11.1 Å². The highest BCUT2D eigenvalue weighted by Gasteiger charge is 2.44. The van der Waals surface area contributed by atoms with Crippen LogP contribution in [-0.4, -0.2) is 0 Å². The summed E-state index contributed by atoms with van der Waals surface area (Å²) >= 11 is 0. The molecule has 0 nitrogen and oxygen atoms in total. The monoisotopic (exact) mass is 334 g/mol. The SMILES string of the molecule is CC[C@@H](C)CC1(C[C@H](C)CC)c2cc(C)ccc2-c2ccc(C)cc21. The minimum atomic E-state index is 0.188. The topological polar surface area (TPSA) is 0 Å². The van der Waals surface area contributed by atoms with Crippen molar-refractivity contribution in [2.24, 2.45) is 11.8 Å². The molecule has 3 rings (SSSR count). The maximum absolute atomic E-state index is 2.48. The number of benzene rings is 2. The van der Waals surface area contributed by atoms with Gasteiger partial charge in [-0.25, -0.2) is 0 Å². The molecule has 2 aromatic carbocycles. The van der Waals surface area contributed by atoms with E-state index in [0.29, 0.717) is 0 Å². The van der Waals surface area contributed by atoms with Crippen LogP contribution in [0.1, 0.15) is 75.6 Å². The van der Waals surface area contributed by atoms with Gasteiger partial charge in [0.25, 0.3) is 0 Å². The van der Waals surface area contributed by atoms with Crippen LogP contribution in [0.15, 0.2) is 36.4 Å². The smallest absolute Gasteiger partial charge is 0.0220 e. The van der Waals surface area contributed by atoms with E-state index in [0.717, 1.165) is 11.8 Å². The van der Waals surface area contributed by atoms with Gasteiger partial charge in [-0.3, -0.25) is 0 Å². The van der Waals surface area contributed by atoms with Crippen molar-refractivity contribution in [2.75, 3.05) is 0 Å². The molecule has 2 atom stereocenters. The zero-order valence-corrected chi connectivity index (χ0v) is 16.9. The summed E-state index contributed by atoms with van der Waals surface area (Å²) in [5.41, 5.74) is 9.11. The van der Waals surface area contributed by atoms with Crippen LogP contribution < -0.4 is 0 Å². The van der Waals surface area contributed by atoms with Crippen molar-refractivity contribution in [1.82, 2.24) is 0 Å². The first-order chi connectivity index (χ1) is 11.9. The summed E-state index contributed by atoms with van der Waals surface area (Å²) < 4.78 is 0. The molecule has 0 bridgehead atoms. The third-order valence-corrected chi connectivity index (χ3v) is 6.46. The second kappa shape index (κ2) is 6.98. The van der Waals surface area contributed by atoms with Crippen LogP contribution in [0.5, 0.6) is 0 Å². The Hall–Kier alpha value is -1.56. The summed E-state index contributed by atoms with van der Waals surface area (Å²) in [4.78, 5) is 0. The number of fused-ring (bicyclic) bond motifs is 3. The number of aryl methyl sites for hydroxylation is 2. The minimum absolute atomic E-state index is 0.188. The molecular formula is C25H34. The van der Waals surface area contributed by atoms with Crippen LogP contribution >= 0.6 is 0 Å². The van der Waals surface area contributed by atoms with Gasteiger partial charge in [0.1, 0.15) is 0 Å². The fraction of sp³-hybridized carbons (Fsp3) is 0.520. The van der Waals surface area contributed by atoms with Crippen molar-refractivity contribution in [3.05, 3.63) is 58.7 Å². The normalized spacial score (nSPS) is 17.0. The maximum atomic E-state index is 2.48. The molecule has 0 unspecified atom stereocenters. The zero-order valence-electron chi connectivity index (χ0n) is 16.9. The lowest BCUT2D eigenvalue weighted by molar-refractivity contribution is 0.308. The lowest BCUT2D eigenvalue weighted by Crippen LogP contribution is -2.30. The molecule has 0 amide bonds. The molecule has 0 aromatic heterocycles. The Balaban J connectivity index is 2.27. The summed E-state index contributed by atoms with van der Waals surface area (Å²) in [6.07, 6.45) is 5.04. The molecule has 0 fully saturated rings. The molecular weight excluding hydrogens is 300 g/mol. The second-order valence-corrected chi connectivity index (χ2v) is 8.62. The van der Waals surface area contributed by atoms with Crippen molar-refractivity contribution in [3.63, 3.8) is 0 Å². The van der Waals surface area contributed by atoms with Crippen LogP contribution in [0.2, 0.25) is 0 Å². The first kappa shape index (κ1) is 18.2. The van der Waals surface area contributed by atoms with E-state index in [1.165, 1.54) is 47.9 Å². The maximum Gasteiger partial charge on any atom is 0.0220 e. The van der Waals surface area contributed by atoms with Gasteiger partial charge in [0.05, 0.1) is 0 Å². The fourth-order valence-electron chi connectivity index (χ4n) is 4.72. The molecule has 0 saturated carbocycles. The van der Waals surface area contributed by atoms with E-state index in [9.17, 15) is 0 Å². The van der Waals surface area contributed by atoms with Gasteiger partial charge in [0.2, 0.25) is 0 Å². The predicted octanol–water partition coefficient (Wildman–Crippen LogP) is 7.44. The molecule has 0 aliphatic heterocycles. The molecule has 2 aromatic rings. The van der Waals surface area contributed by atoms with Gasteiger partial charge in [-0.1, -0.05) is 88.1 Å². The molecule has 0 radical (unpaired) electrons. The van der Waals surface area contributed by atoms with Gasteiger partial charge in [0, 0.05) is 5.41 Å². The molecule has 0 N–H and O–H groups in total. The largest absolute Gasteiger partial charge is 0.0651 e. The Morgan fingerprint density at radius 1 is 0.720 bits per heavy atom. The van der Waals surface area contributed by atoms with Gasteiger partial charge in [-0.2, -0.15) is 0 Å². The van der Waals surface area contributed by atoms with E-state index >= 15 is 0 Å². The molecule has 0 heterocycles. The summed E-state index contributed by atoms with van der Waals surface area (Å²) in [6.45, 7) is 14.0. The van der Waals surface area contributed by atoms with E-state index in [1.807, 2.05) is 0 Å². The highest BCUT2D eigenvalue weighted by atomic mass is 14.5.